The van der Waals surface area contributed by atoms with Crippen molar-refractivity contribution in [1.29, 1.82) is 0 Å². The van der Waals surface area contributed by atoms with E-state index in [1.807, 2.05) is 12.1 Å². The largest absolute Gasteiger partial charge is 0.379 e. The fourth-order valence-electron chi connectivity index (χ4n) is 3.49. The molecule has 1 heterocycles. The van der Waals surface area contributed by atoms with Gasteiger partial charge in [-0.15, -0.1) is 0 Å². The maximum atomic E-state index is 11.6. The zero-order chi connectivity index (χ0) is 22.1. The molecule has 2 aromatic rings. The zero-order valence-electron chi connectivity index (χ0n) is 18.3. The Balaban J connectivity index is 1.44. The first-order valence-electron chi connectivity index (χ1n) is 10.6. The lowest BCUT2D eigenvalue weighted by atomic mass is 10.1. The van der Waals surface area contributed by atoms with Gasteiger partial charge in [0.1, 0.15) is 0 Å². The van der Waals surface area contributed by atoms with Gasteiger partial charge < -0.3 is 15.4 Å². The second-order valence-corrected chi connectivity index (χ2v) is 9.74. The molecule has 7 nitrogen and oxygen atoms in total. The third-order valence-electron chi connectivity index (χ3n) is 5.24. The first kappa shape index (κ1) is 23.2. The van der Waals surface area contributed by atoms with Gasteiger partial charge in [-0.3, -0.25) is 9.89 Å². The molecule has 0 amide bonds. The van der Waals surface area contributed by atoms with Crippen molar-refractivity contribution >= 4 is 15.8 Å². The summed E-state index contributed by atoms with van der Waals surface area (Å²) < 4.78 is 28.5. The summed E-state index contributed by atoms with van der Waals surface area (Å²) in [6.45, 7) is 5.93. The van der Waals surface area contributed by atoms with Crippen LogP contribution < -0.4 is 10.6 Å². The minimum absolute atomic E-state index is 0.345. The standard InChI is InChI=1S/C23H32N4O3S/c1-24-23(25-11-10-19-6-8-22(9-7-19)31(2,28)29)26-17-20-4-3-5-21(16-20)18-27-12-14-30-15-13-27/h3-9,16H,10-15,17-18H2,1-2H3,(H2,24,25,26). The van der Waals surface area contributed by atoms with E-state index in [9.17, 15) is 8.42 Å². The maximum absolute atomic E-state index is 11.6. The van der Waals surface area contributed by atoms with Crippen molar-refractivity contribution in [3.05, 3.63) is 65.2 Å². The van der Waals surface area contributed by atoms with Gasteiger partial charge in [-0.05, 0) is 35.2 Å². The molecule has 3 rings (SSSR count). The second kappa shape index (κ2) is 11.3. The number of nitrogens with zero attached hydrogens (tertiary/aromatic N) is 2. The van der Waals surface area contributed by atoms with Crippen molar-refractivity contribution in [2.24, 2.45) is 4.99 Å². The average Bonchev–Trinajstić information content (AvgIpc) is 2.77. The monoisotopic (exact) mass is 444 g/mol. The minimum atomic E-state index is -3.16. The van der Waals surface area contributed by atoms with Crippen molar-refractivity contribution in [3.8, 4) is 0 Å². The summed E-state index contributed by atoms with van der Waals surface area (Å²) in [7, 11) is -1.40. The maximum Gasteiger partial charge on any atom is 0.191 e. The van der Waals surface area contributed by atoms with Crippen molar-refractivity contribution in [2.45, 2.75) is 24.4 Å². The summed E-state index contributed by atoms with van der Waals surface area (Å²) in [5.74, 6) is 0.742. The van der Waals surface area contributed by atoms with Crippen LogP contribution in [-0.4, -0.2) is 65.4 Å². The van der Waals surface area contributed by atoms with Crippen LogP contribution >= 0.6 is 0 Å². The summed E-state index contributed by atoms with van der Waals surface area (Å²) in [5, 5.41) is 6.67. The van der Waals surface area contributed by atoms with Crippen molar-refractivity contribution in [2.75, 3.05) is 46.2 Å². The van der Waals surface area contributed by atoms with Crippen LogP contribution in [0.15, 0.2) is 58.4 Å². The molecule has 168 valence electrons. The molecule has 2 N–H and O–H groups in total. The van der Waals surface area contributed by atoms with E-state index in [1.54, 1.807) is 19.2 Å². The van der Waals surface area contributed by atoms with Gasteiger partial charge in [-0.2, -0.15) is 0 Å². The predicted molar refractivity (Wildman–Crippen MR) is 124 cm³/mol. The topological polar surface area (TPSA) is 83.0 Å². The molecule has 1 aliphatic rings. The van der Waals surface area contributed by atoms with Crippen LogP contribution in [0.2, 0.25) is 0 Å². The molecule has 1 aliphatic heterocycles. The number of ether oxygens (including phenoxy) is 1. The molecule has 8 heteroatoms. The quantitative estimate of drug-likeness (QED) is 0.478. The highest BCUT2D eigenvalue weighted by atomic mass is 32.2. The third kappa shape index (κ3) is 7.65. The number of nitrogens with one attached hydrogen (secondary N) is 2. The predicted octanol–water partition coefficient (Wildman–Crippen LogP) is 1.83. The Morgan fingerprint density at radius 2 is 1.74 bits per heavy atom. The Morgan fingerprint density at radius 1 is 1.03 bits per heavy atom. The lowest BCUT2D eigenvalue weighted by molar-refractivity contribution is 0.0342. The summed E-state index contributed by atoms with van der Waals surface area (Å²) in [6.07, 6.45) is 2.00. The zero-order valence-corrected chi connectivity index (χ0v) is 19.1. The van der Waals surface area contributed by atoms with Gasteiger partial charge in [-0.25, -0.2) is 8.42 Å². The normalized spacial score (nSPS) is 15.6. The number of hydrogen-bond acceptors (Lipinski definition) is 5. The van der Waals surface area contributed by atoms with E-state index in [2.05, 4.69) is 44.8 Å². The van der Waals surface area contributed by atoms with Gasteiger partial charge in [0.15, 0.2) is 15.8 Å². The summed E-state index contributed by atoms with van der Waals surface area (Å²) in [4.78, 5) is 7.05. The number of benzene rings is 2. The van der Waals surface area contributed by atoms with E-state index in [1.165, 1.54) is 17.4 Å². The third-order valence-corrected chi connectivity index (χ3v) is 6.37. The molecule has 0 unspecified atom stereocenters. The Kier molecular flexibility index (Phi) is 8.45. The fraction of sp³-hybridized carbons (Fsp3) is 0.435. The number of hydrogen-bond donors (Lipinski definition) is 2. The average molecular weight is 445 g/mol. The molecule has 0 aliphatic carbocycles. The second-order valence-electron chi connectivity index (χ2n) is 7.73. The van der Waals surface area contributed by atoms with E-state index in [-0.39, 0.29) is 0 Å². The molecule has 1 saturated heterocycles. The lowest BCUT2D eigenvalue weighted by Crippen LogP contribution is -2.38. The Morgan fingerprint density at radius 3 is 2.42 bits per heavy atom. The highest BCUT2D eigenvalue weighted by Crippen LogP contribution is 2.11. The lowest BCUT2D eigenvalue weighted by Gasteiger charge is -2.26. The number of rotatable bonds is 8. The minimum Gasteiger partial charge on any atom is -0.379 e. The van der Waals surface area contributed by atoms with E-state index >= 15 is 0 Å². The van der Waals surface area contributed by atoms with Crippen LogP contribution in [0.1, 0.15) is 16.7 Å². The van der Waals surface area contributed by atoms with E-state index in [0.717, 1.165) is 50.8 Å². The van der Waals surface area contributed by atoms with Crippen LogP contribution in [0.25, 0.3) is 0 Å². The van der Waals surface area contributed by atoms with Crippen LogP contribution in [0.5, 0.6) is 0 Å². The van der Waals surface area contributed by atoms with Crippen LogP contribution in [0.3, 0.4) is 0 Å². The SMILES string of the molecule is CN=C(NCCc1ccc(S(C)(=O)=O)cc1)NCc1cccc(CN2CCOCC2)c1. The van der Waals surface area contributed by atoms with Crippen molar-refractivity contribution in [1.82, 2.24) is 15.5 Å². The molecular weight excluding hydrogens is 412 g/mol. The fourth-order valence-corrected chi connectivity index (χ4v) is 4.12. The van der Waals surface area contributed by atoms with E-state index in [0.29, 0.717) is 18.0 Å². The summed E-state index contributed by atoms with van der Waals surface area (Å²) in [5.41, 5.74) is 3.60. The molecule has 0 spiro atoms. The molecule has 0 saturated carbocycles. The van der Waals surface area contributed by atoms with Crippen LogP contribution in [0, 0.1) is 0 Å². The van der Waals surface area contributed by atoms with Crippen molar-refractivity contribution < 1.29 is 13.2 Å². The summed E-state index contributed by atoms with van der Waals surface area (Å²) in [6, 6.07) is 15.6. The van der Waals surface area contributed by atoms with Crippen molar-refractivity contribution in [3.63, 3.8) is 0 Å². The van der Waals surface area contributed by atoms with Gasteiger partial charge in [0.25, 0.3) is 0 Å². The first-order chi connectivity index (χ1) is 14.9. The van der Waals surface area contributed by atoms with Gasteiger partial charge in [-0.1, -0.05) is 36.4 Å². The van der Waals surface area contributed by atoms with Crippen LogP contribution in [-0.2, 0) is 34.1 Å². The number of guanidine groups is 1. The molecule has 0 atom stereocenters. The first-order valence-corrected chi connectivity index (χ1v) is 12.4. The highest BCUT2D eigenvalue weighted by Gasteiger charge is 2.11. The van der Waals surface area contributed by atoms with E-state index < -0.39 is 9.84 Å². The Bertz CT molecular complexity index is 969. The number of morpholine rings is 1. The van der Waals surface area contributed by atoms with Crippen LogP contribution in [0.4, 0.5) is 0 Å². The molecule has 0 bridgehead atoms. The number of aliphatic imine (C=N–C) groups is 1. The summed E-state index contributed by atoms with van der Waals surface area (Å²) >= 11 is 0. The molecule has 0 aromatic heterocycles. The van der Waals surface area contributed by atoms with Gasteiger partial charge in [0, 0.05) is 46.0 Å². The highest BCUT2D eigenvalue weighted by molar-refractivity contribution is 7.90. The van der Waals surface area contributed by atoms with Gasteiger partial charge >= 0.3 is 0 Å². The molecular formula is C23H32N4O3S. The van der Waals surface area contributed by atoms with Gasteiger partial charge in [0.2, 0.25) is 0 Å². The molecule has 1 fully saturated rings. The Hall–Kier alpha value is -2.42. The Labute approximate surface area is 185 Å². The number of sulfone groups is 1. The molecule has 2 aromatic carbocycles. The van der Waals surface area contributed by atoms with Gasteiger partial charge in [0.05, 0.1) is 18.1 Å². The smallest absolute Gasteiger partial charge is 0.191 e. The van der Waals surface area contributed by atoms with E-state index in [4.69, 9.17) is 4.74 Å². The molecule has 31 heavy (non-hydrogen) atoms. The molecule has 0 radical (unpaired) electrons.